The molecule has 0 spiro atoms. The Bertz CT molecular complexity index is 352. The Kier molecular flexibility index (Phi) is 2.93. The first-order chi connectivity index (χ1) is 6.81. The molecule has 14 heavy (non-hydrogen) atoms. The zero-order chi connectivity index (χ0) is 9.97. The number of hydrogen-bond acceptors (Lipinski definition) is 0. The summed E-state index contributed by atoms with van der Waals surface area (Å²) in [7, 11) is 0. The van der Waals surface area contributed by atoms with Crippen molar-refractivity contribution < 1.29 is 0 Å². The van der Waals surface area contributed by atoms with Gasteiger partial charge in [0.15, 0.2) is 0 Å². The molecule has 0 heterocycles. The monoisotopic (exact) mass is 206 g/mol. The Hall–Kier alpha value is -0.750. The molecule has 0 aromatic heterocycles. The fourth-order valence-corrected chi connectivity index (χ4v) is 2.28. The Morgan fingerprint density at radius 1 is 1.29 bits per heavy atom. The second-order valence-electron chi connectivity index (χ2n) is 3.88. The van der Waals surface area contributed by atoms with Gasteiger partial charge in [0.1, 0.15) is 0 Å². The normalized spacial score (nSPS) is 14.1. The van der Waals surface area contributed by atoms with Crippen LogP contribution in [0.25, 0.3) is 5.57 Å². The van der Waals surface area contributed by atoms with E-state index in [1.807, 2.05) is 0 Å². The third kappa shape index (κ3) is 1.85. The highest BCUT2D eigenvalue weighted by molar-refractivity contribution is 6.18. The van der Waals surface area contributed by atoms with Crippen molar-refractivity contribution in [1.29, 1.82) is 0 Å². The summed E-state index contributed by atoms with van der Waals surface area (Å²) in [6.07, 6.45) is 4.68. The summed E-state index contributed by atoms with van der Waals surface area (Å²) >= 11 is 5.70. The van der Waals surface area contributed by atoms with Crippen molar-refractivity contribution in [2.75, 3.05) is 5.88 Å². The summed E-state index contributed by atoms with van der Waals surface area (Å²) in [5.41, 5.74) is 5.46. The average Bonchev–Trinajstić information content (AvgIpc) is 2.64. The van der Waals surface area contributed by atoms with Gasteiger partial charge in [0, 0.05) is 5.88 Å². The van der Waals surface area contributed by atoms with Crippen LogP contribution in [0.1, 0.15) is 29.5 Å². The van der Waals surface area contributed by atoms with Crippen LogP contribution >= 0.6 is 11.6 Å². The molecule has 0 saturated carbocycles. The zero-order valence-electron chi connectivity index (χ0n) is 8.35. The van der Waals surface area contributed by atoms with Crippen LogP contribution in [0, 0.1) is 0 Å². The van der Waals surface area contributed by atoms with Gasteiger partial charge in [-0.15, -0.1) is 11.6 Å². The number of fused-ring (bicyclic) bond motifs is 1. The Labute approximate surface area is 90.6 Å². The molecule has 0 nitrogen and oxygen atoms in total. The molecule has 0 amide bonds. The highest BCUT2D eigenvalue weighted by Crippen LogP contribution is 2.26. The first-order valence-electron chi connectivity index (χ1n) is 5.17. The number of halogens is 1. The Balaban J connectivity index is 2.24. The van der Waals surface area contributed by atoms with E-state index in [2.05, 4.69) is 24.8 Å². The summed E-state index contributed by atoms with van der Waals surface area (Å²) in [6.45, 7) is 4.06. The first kappa shape index (κ1) is 9.79. The minimum Gasteiger partial charge on any atom is -0.126 e. The Morgan fingerprint density at radius 2 is 2.07 bits per heavy atom. The lowest BCUT2D eigenvalue weighted by Crippen LogP contribution is -1.88. The molecule has 0 saturated heterocycles. The maximum atomic E-state index is 5.70. The average molecular weight is 207 g/mol. The fraction of sp³-hybridized carbons (Fsp3) is 0.385. The predicted molar refractivity (Wildman–Crippen MR) is 62.8 cm³/mol. The SMILES string of the molecule is C=C(CCCl)c1ccc2c(c1)CCC2. The molecule has 0 bridgehead atoms. The van der Waals surface area contributed by atoms with E-state index in [-0.39, 0.29) is 0 Å². The lowest BCUT2D eigenvalue weighted by Gasteiger charge is -2.06. The molecule has 1 aliphatic carbocycles. The molecule has 74 valence electrons. The lowest BCUT2D eigenvalue weighted by molar-refractivity contribution is 0.911. The molecule has 0 fully saturated rings. The molecule has 1 aromatic rings. The van der Waals surface area contributed by atoms with Gasteiger partial charge in [0.25, 0.3) is 0 Å². The number of aryl methyl sites for hydroxylation is 2. The van der Waals surface area contributed by atoms with E-state index >= 15 is 0 Å². The minimum absolute atomic E-state index is 0.663. The molecule has 0 unspecified atom stereocenters. The van der Waals surface area contributed by atoms with Crippen LogP contribution in [-0.4, -0.2) is 5.88 Å². The van der Waals surface area contributed by atoms with E-state index < -0.39 is 0 Å². The molecule has 0 atom stereocenters. The van der Waals surface area contributed by atoms with Crippen molar-refractivity contribution in [3.63, 3.8) is 0 Å². The minimum atomic E-state index is 0.663. The molecule has 1 heteroatoms. The molecule has 1 aromatic carbocycles. The highest BCUT2D eigenvalue weighted by atomic mass is 35.5. The van der Waals surface area contributed by atoms with Crippen LogP contribution in [0.5, 0.6) is 0 Å². The van der Waals surface area contributed by atoms with Gasteiger partial charge in [0.2, 0.25) is 0 Å². The van der Waals surface area contributed by atoms with Gasteiger partial charge >= 0.3 is 0 Å². The predicted octanol–water partition coefficient (Wildman–Crippen LogP) is 3.82. The van der Waals surface area contributed by atoms with Crippen molar-refractivity contribution in [1.82, 2.24) is 0 Å². The summed E-state index contributed by atoms with van der Waals surface area (Å²) in [6, 6.07) is 6.72. The van der Waals surface area contributed by atoms with Crippen molar-refractivity contribution in [3.05, 3.63) is 41.5 Å². The van der Waals surface area contributed by atoms with E-state index in [4.69, 9.17) is 11.6 Å². The second-order valence-corrected chi connectivity index (χ2v) is 4.26. The van der Waals surface area contributed by atoms with E-state index in [0.717, 1.165) is 12.0 Å². The van der Waals surface area contributed by atoms with E-state index in [1.54, 1.807) is 0 Å². The maximum Gasteiger partial charge on any atom is 0.0263 e. The van der Waals surface area contributed by atoms with E-state index in [0.29, 0.717) is 5.88 Å². The molecule has 2 rings (SSSR count). The molecule has 0 radical (unpaired) electrons. The van der Waals surface area contributed by atoms with E-state index in [1.165, 1.54) is 36.0 Å². The van der Waals surface area contributed by atoms with Crippen molar-refractivity contribution >= 4 is 17.2 Å². The van der Waals surface area contributed by atoms with Crippen LogP contribution in [-0.2, 0) is 12.8 Å². The molecular formula is C13H15Cl. The van der Waals surface area contributed by atoms with Crippen molar-refractivity contribution in [3.8, 4) is 0 Å². The smallest absolute Gasteiger partial charge is 0.0263 e. The van der Waals surface area contributed by atoms with Crippen LogP contribution in [0.15, 0.2) is 24.8 Å². The van der Waals surface area contributed by atoms with E-state index in [9.17, 15) is 0 Å². The lowest BCUT2D eigenvalue weighted by atomic mass is 10.0. The summed E-state index contributed by atoms with van der Waals surface area (Å²) in [4.78, 5) is 0. The fourth-order valence-electron chi connectivity index (χ4n) is 2.05. The second kappa shape index (κ2) is 4.18. The van der Waals surface area contributed by atoms with Gasteiger partial charge in [-0.05, 0) is 47.9 Å². The van der Waals surface area contributed by atoms with Gasteiger partial charge in [-0.1, -0.05) is 24.8 Å². The van der Waals surface area contributed by atoms with Gasteiger partial charge < -0.3 is 0 Å². The van der Waals surface area contributed by atoms with Gasteiger partial charge in [-0.2, -0.15) is 0 Å². The quantitative estimate of drug-likeness (QED) is 0.660. The van der Waals surface area contributed by atoms with Crippen LogP contribution < -0.4 is 0 Å². The van der Waals surface area contributed by atoms with Gasteiger partial charge in [-0.3, -0.25) is 0 Å². The topological polar surface area (TPSA) is 0 Å². The van der Waals surface area contributed by atoms with Gasteiger partial charge in [0.05, 0.1) is 0 Å². The molecule has 0 N–H and O–H groups in total. The number of alkyl halides is 1. The third-order valence-corrected chi connectivity index (χ3v) is 3.09. The maximum absolute atomic E-state index is 5.70. The number of hydrogen-bond donors (Lipinski definition) is 0. The van der Waals surface area contributed by atoms with Crippen LogP contribution in [0.2, 0.25) is 0 Å². The summed E-state index contributed by atoms with van der Waals surface area (Å²) in [5.74, 6) is 0.663. The molecular weight excluding hydrogens is 192 g/mol. The van der Waals surface area contributed by atoms with Crippen molar-refractivity contribution in [2.24, 2.45) is 0 Å². The van der Waals surface area contributed by atoms with Crippen LogP contribution in [0.4, 0.5) is 0 Å². The largest absolute Gasteiger partial charge is 0.126 e. The zero-order valence-corrected chi connectivity index (χ0v) is 9.11. The van der Waals surface area contributed by atoms with Crippen LogP contribution in [0.3, 0.4) is 0 Å². The number of benzene rings is 1. The standard InChI is InChI=1S/C13H15Cl/c1-10(7-8-14)12-6-5-11-3-2-4-13(11)9-12/h5-6,9H,1-4,7-8H2. The number of rotatable bonds is 3. The van der Waals surface area contributed by atoms with Crippen molar-refractivity contribution in [2.45, 2.75) is 25.7 Å². The molecule has 0 aliphatic heterocycles. The third-order valence-electron chi connectivity index (χ3n) is 2.90. The molecule has 1 aliphatic rings. The number of allylic oxidation sites excluding steroid dienone is 1. The first-order valence-corrected chi connectivity index (χ1v) is 5.70. The Morgan fingerprint density at radius 3 is 2.86 bits per heavy atom. The van der Waals surface area contributed by atoms with Gasteiger partial charge in [-0.25, -0.2) is 0 Å². The summed E-state index contributed by atoms with van der Waals surface area (Å²) in [5, 5.41) is 0. The summed E-state index contributed by atoms with van der Waals surface area (Å²) < 4.78 is 0. The highest BCUT2D eigenvalue weighted by Gasteiger charge is 2.11.